The lowest BCUT2D eigenvalue weighted by molar-refractivity contribution is 0.119. The Kier molecular flexibility index (Phi) is 3.08. The van der Waals surface area contributed by atoms with Crippen LogP contribution < -0.4 is 0 Å². The summed E-state index contributed by atoms with van der Waals surface area (Å²) in [5, 5.41) is 2.60. The molecule has 0 spiro atoms. The summed E-state index contributed by atoms with van der Waals surface area (Å²) in [5.41, 5.74) is 1.33. The first-order valence-corrected chi connectivity index (χ1v) is 6.09. The third-order valence-electron chi connectivity index (χ3n) is 3.06. The summed E-state index contributed by atoms with van der Waals surface area (Å²) in [5.74, 6) is 0. The van der Waals surface area contributed by atoms with E-state index in [1.165, 1.54) is 16.3 Å². The second kappa shape index (κ2) is 4.86. The molecule has 0 amide bonds. The molecule has 0 N–H and O–H groups in total. The van der Waals surface area contributed by atoms with Gasteiger partial charge < -0.3 is 9.47 Å². The summed E-state index contributed by atoms with van der Waals surface area (Å²) in [4.78, 5) is 0. The molecule has 2 aromatic carbocycles. The maximum atomic E-state index is 5.55. The molecule has 1 aliphatic heterocycles. The van der Waals surface area contributed by atoms with E-state index >= 15 is 0 Å². The molecule has 0 aromatic heterocycles. The molecule has 1 fully saturated rings. The van der Waals surface area contributed by atoms with E-state index in [2.05, 4.69) is 42.5 Å². The van der Waals surface area contributed by atoms with Gasteiger partial charge in [-0.3, -0.25) is 0 Å². The minimum Gasteiger partial charge on any atom is -0.378 e. The number of ether oxygens (including phenoxy) is 2. The van der Waals surface area contributed by atoms with E-state index in [1.807, 2.05) is 0 Å². The summed E-state index contributed by atoms with van der Waals surface area (Å²) >= 11 is 0. The monoisotopic (exact) mass is 228 g/mol. The number of fused-ring (bicyclic) bond motifs is 1. The van der Waals surface area contributed by atoms with Crippen LogP contribution in [0.5, 0.6) is 0 Å². The molecule has 0 aliphatic carbocycles. The maximum absolute atomic E-state index is 5.55. The Hall–Kier alpha value is -1.38. The van der Waals surface area contributed by atoms with Gasteiger partial charge in [-0.05, 0) is 22.8 Å². The lowest BCUT2D eigenvalue weighted by Gasteiger charge is -2.04. The van der Waals surface area contributed by atoms with Gasteiger partial charge in [0.25, 0.3) is 0 Å². The largest absolute Gasteiger partial charge is 0.378 e. The quantitative estimate of drug-likeness (QED) is 0.580. The van der Waals surface area contributed by atoms with Crippen molar-refractivity contribution in [2.24, 2.45) is 0 Å². The smallest absolute Gasteiger partial charge is 0.104 e. The van der Waals surface area contributed by atoms with E-state index in [0.29, 0.717) is 6.10 Å². The molecule has 88 valence electrons. The lowest BCUT2D eigenvalue weighted by atomic mass is 10.1. The van der Waals surface area contributed by atoms with Crippen molar-refractivity contribution >= 4 is 10.8 Å². The highest BCUT2D eigenvalue weighted by molar-refractivity contribution is 5.82. The van der Waals surface area contributed by atoms with E-state index in [4.69, 9.17) is 9.47 Å². The van der Waals surface area contributed by atoms with Gasteiger partial charge in [-0.15, -0.1) is 0 Å². The summed E-state index contributed by atoms with van der Waals surface area (Å²) in [7, 11) is 0. The molecule has 1 unspecified atom stereocenters. The molecule has 3 rings (SSSR count). The number of benzene rings is 2. The van der Waals surface area contributed by atoms with Crippen molar-refractivity contribution in [1.82, 2.24) is 0 Å². The van der Waals surface area contributed by atoms with Crippen molar-refractivity contribution < 1.29 is 9.47 Å². The zero-order chi connectivity index (χ0) is 11.5. The highest BCUT2D eigenvalue weighted by atomic mass is 16.6. The average Bonchev–Trinajstić information content (AvgIpc) is 3.18. The van der Waals surface area contributed by atoms with Gasteiger partial charge in [0.15, 0.2) is 0 Å². The van der Waals surface area contributed by atoms with Gasteiger partial charge in [0.05, 0.1) is 19.8 Å². The van der Waals surface area contributed by atoms with Crippen LogP contribution in [0.25, 0.3) is 10.8 Å². The summed E-state index contributed by atoms with van der Waals surface area (Å²) in [6.07, 6.45) is 1.34. The fraction of sp³-hybridized carbons (Fsp3) is 0.333. The van der Waals surface area contributed by atoms with Crippen LogP contribution in [0.1, 0.15) is 5.56 Å². The Morgan fingerprint density at radius 3 is 2.76 bits per heavy atom. The Labute approximate surface area is 101 Å². The third-order valence-corrected chi connectivity index (χ3v) is 3.06. The van der Waals surface area contributed by atoms with Crippen molar-refractivity contribution in [3.63, 3.8) is 0 Å². The standard InChI is InChI=1S/C15H16O2/c1-2-4-14-9-12(5-6-13(14)3-1)7-8-16-10-15-11-17-15/h1-6,9,15H,7-8,10-11H2. The molecule has 0 radical (unpaired) electrons. The van der Waals surface area contributed by atoms with Gasteiger partial charge in [-0.2, -0.15) is 0 Å². The van der Waals surface area contributed by atoms with Crippen molar-refractivity contribution in [3.05, 3.63) is 48.0 Å². The second-order valence-corrected chi connectivity index (χ2v) is 4.46. The minimum absolute atomic E-state index is 0.367. The van der Waals surface area contributed by atoms with E-state index in [0.717, 1.165) is 26.2 Å². The summed E-state index contributed by atoms with van der Waals surface area (Å²) in [6.45, 7) is 2.39. The zero-order valence-corrected chi connectivity index (χ0v) is 9.76. The van der Waals surface area contributed by atoms with E-state index in [9.17, 15) is 0 Å². The third kappa shape index (κ3) is 2.84. The summed E-state index contributed by atoms with van der Waals surface area (Å²) in [6, 6.07) is 15.0. The average molecular weight is 228 g/mol. The first-order valence-electron chi connectivity index (χ1n) is 6.09. The minimum atomic E-state index is 0.367. The van der Waals surface area contributed by atoms with Gasteiger partial charge in [-0.1, -0.05) is 42.5 Å². The highest BCUT2D eigenvalue weighted by Gasteiger charge is 2.21. The Balaban J connectivity index is 1.59. The van der Waals surface area contributed by atoms with Crippen LogP contribution in [0.2, 0.25) is 0 Å². The van der Waals surface area contributed by atoms with E-state index in [-0.39, 0.29) is 0 Å². The SMILES string of the molecule is c1ccc2cc(CCOCC3CO3)ccc2c1. The molecule has 1 saturated heterocycles. The normalized spacial score (nSPS) is 18.5. The molecular formula is C15H16O2. The number of epoxide rings is 1. The molecule has 0 bridgehead atoms. The molecule has 17 heavy (non-hydrogen) atoms. The zero-order valence-electron chi connectivity index (χ0n) is 9.76. The molecule has 1 heterocycles. The number of hydrogen-bond acceptors (Lipinski definition) is 2. The van der Waals surface area contributed by atoms with Gasteiger partial charge in [0.2, 0.25) is 0 Å². The van der Waals surface area contributed by atoms with Crippen LogP contribution in [0.4, 0.5) is 0 Å². The van der Waals surface area contributed by atoms with Crippen molar-refractivity contribution in [3.8, 4) is 0 Å². The van der Waals surface area contributed by atoms with Crippen LogP contribution in [-0.2, 0) is 15.9 Å². The van der Waals surface area contributed by atoms with Crippen molar-refractivity contribution in [2.75, 3.05) is 19.8 Å². The van der Waals surface area contributed by atoms with Crippen LogP contribution in [0, 0.1) is 0 Å². The molecule has 2 heteroatoms. The van der Waals surface area contributed by atoms with Gasteiger partial charge in [-0.25, -0.2) is 0 Å². The van der Waals surface area contributed by atoms with Crippen LogP contribution >= 0.6 is 0 Å². The number of rotatable bonds is 5. The molecule has 1 aliphatic rings. The first-order chi connectivity index (χ1) is 8.42. The highest BCUT2D eigenvalue weighted by Crippen LogP contribution is 2.16. The van der Waals surface area contributed by atoms with Crippen molar-refractivity contribution in [1.29, 1.82) is 0 Å². The second-order valence-electron chi connectivity index (χ2n) is 4.46. The van der Waals surface area contributed by atoms with Crippen molar-refractivity contribution in [2.45, 2.75) is 12.5 Å². The molecule has 0 saturated carbocycles. The van der Waals surface area contributed by atoms with Gasteiger partial charge >= 0.3 is 0 Å². The fourth-order valence-corrected chi connectivity index (χ4v) is 1.96. The van der Waals surface area contributed by atoms with Crippen LogP contribution in [-0.4, -0.2) is 25.9 Å². The number of hydrogen-bond donors (Lipinski definition) is 0. The topological polar surface area (TPSA) is 21.8 Å². The van der Waals surface area contributed by atoms with Crippen LogP contribution in [0.15, 0.2) is 42.5 Å². The fourth-order valence-electron chi connectivity index (χ4n) is 1.96. The first kappa shape index (κ1) is 10.8. The Bertz CT molecular complexity index is 503. The Morgan fingerprint density at radius 1 is 1.12 bits per heavy atom. The predicted octanol–water partition coefficient (Wildman–Crippen LogP) is 2.80. The van der Waals surface area contributed by atoms with Gasteiger partial charge in [0.1, 0.15) is 6.10 Å². The molecule has 2 nitrogen and oxygen atoms in total. The molecule has 1 atom stereocenters. The van der Waals surface area contributed by atoms with Gasteiger partial charge in [0, 0.05) is 0 Å². The van der Waals surface area contributed by atoms with E-state index < -0.39 is 0 Å². The predicted molar refractivity (Wildman–Crippen MR) is 68.2 cm³/mol. The Morgan fingerprint density at radius 2 is 1.94 bits per heavy atom. The van der Waals surface area contributed by atoms with E-state index in [1.54, 1.807) is 0 Å². The lowest BCUT2D eigenvalue weighted by Crippen LogP contribution is -2.04. The maximum Gasteiger partial charge on any atom is 0.104 e. The molecule has 2 aromatic rings. The molecular weight excluding hydrogens is 212 g/mol. The summed E-state index contributed by atoms with van der Waals surface area (Å²) < 4.78 is 10.6. The van der Waals surface area contributed by atoms with Crippen LogP contribution in [0.3, 0.4) is 0 Å².